The third-order valence-corrected chi connectivity index (χ3v) is 3.75. The summed E-state index contributed by atoms with van der Waals surface area (Å²) >= 11 is 0. The average molecular weight is 267 g/mol. The van der Waals surface area contributed by atoms with Gasteiger partial charge in [0.15, 0.2) is 17.3 Å². The molecule has 1 fully saturated rings. The second-order valence-electron chi connectivity index (χ2n) is 4.75. The molecule has 1 heterocycles. The summed E-state index contributed by atoms with van der Waals surface area (Å²) in [5, 5.41) is 0. The highest BCUT2D eigenvalue weighted by Gasteiger charge is 2.40. The van der Waals surface area contributed by atoms with Crippen LogP contribution in [0.2, 0.25) is 0 Å². The standard InChI is InChI=1S/C14H18FNO3/c1-18-11-4-2-3-10(12(11)15)13(17)14(9-16)5-7-19-8-6-14/h2-4H,5-9,16H2,1H3. The van der Waals surface area contributed by atoms with Crippen molar-refractivity contribution in [2.45, 2.75) is 12.8 Å². The predicted molar refractivity (Wildman–Crippen MR) is 68.8 cm³/mol. The molecule has 2 N–H and O–H groups in total. The topological polar surface area (TPSA) is 61.5 Å². The molecule has 1 aliphatic heterocycles. The van der Waals surface area contributed by atoms with Crippen LogP contribution in [0.4, 0.5) is 4.39 Å². The Labute approximate surface area is 111 Å². The minimum atomic E-state index is -0.717. The van der Waals surface area contributed by atoms with Gasteiger partial charge in [-0.25, -0.2) is 4.39 Å². The monoisotopic (exact) mass is 267 g/mol. The summed E-state index contributed by atoms with van der Waals surface area (Å²) in [6.45, 7) is 1.16. The van der Waals surface area contributed by atoms with Gasteiger partial charge in [0.1, 0.15) is 0 Å². The lowest BCUT2D eigenvalue weighted by atomic mass is 9.74. The molecule has 0 radical (unpaired) electrons. The van der Waals surface area contributed by atoms with Gasteiger partial charge in [0.2, 0.25) is 0 Å². The number of hydrogen-bond acceptors (Lipinski definition) is 4. The minimum absolute atomic E-state index is 0.0479. The lowest BCUT2D eigenvalue weighted by molar-refractivity contribution is 0.0197. The molecule has 0 unspecified atom stereocenters. The molecule has 0 amide bonds. The molecule has 5 heteroatoms. The van der Waals surface area contributed by atoms with Gasteiger partial charge in [0.25, 0.3) is 0 Å². The van der Waals surface area contributed by atoms with E-state index in [0.29, 0.717) is 26.1 Å². The van der Waals surface area contributed by atoms with E-state index in [-0.39, 0.29) is 23.6 Å². The number of methoxy groups -OCH3 is 1. The summed E-state index contributed by atoms with van der Waals surface area (Å²) in [6, 6.07) is 4.58. The number of carbonyl (C=O) groups is 1. The molecule has 0 atom stereocenters. The average Bonchev–Trinajstić information content (AvgIpc) is 2.47. The van der Waals surface area contributed by atoms with Crippen molar-refractivity contribution >= 4 is 5.78 Å². The maximum Gasteiger partial charge on any atom is 0.175 e. The zero-order valence-corrected chi connectivity index (χ0v) is 10.9. The second kappa shape index (κ2) is 5.67. The Balaban J connectivity index is 2.37. The van der Waals surface area contributed by atoms with E-state index in [9.17, 15) is 9.18 Å². The third-order valence-electron chi connectivity index (χ3n) is 3.75. The van der Waals surface area contributed by atoms with Crippen molar-refractivity contribution in [3.8, 4) is 5.75 Å². The van der Waals surface area contributed by atoms with Crippen molar-refractivity contribution in [2.75, 3.05) is 26.9 Å². The zero-order valence-electron chi connectivity index (χ0n) is 10.9. The minimum Gasteiger partial charge on any atom is -0.494 e. The number of benzene rings is 1. The molecular formula is C14H18FNO3. The van der Waals surface area contributed by atoms with Gasteiger partial charge < -0.3 is 15.2 Å². The number of ether oxygens (including phenoxy) is 2. The van der Waals surface area contributed by atoms with Gasteiger partial charge in [0.05, 0.1) is 18.1 Å². The summed E-state index contributed by atoms with van der Waals surface area (Å²) in [4.78, 5) is 12.6. The van der Waals surface area contributed by atoms with Crippen LogP contribution in [0, 0.1) is 11.2 Å². The molecule has 0 saturated carbocycles. The van der Waals surface area contributed by atoms with Crippen molar-refractivity contribution in [1.29, 1.82) is 0 Å². The highest BCUT2D eigenvalue weighted by molar-refractivity contribution is 6.01. The molecule has 1 aliphatic rings. The van der Waals surface area contributed by atoms with Crippen LogP contribution in [0.15, 0.2) is 18.2 Å². The number of halogens is 1. The van der Waals surface area contributed by atoms with E-state index >= 15 is 0 Å². The molecular weight excluding hydrogens is 249 g/mol. The molecule has 104 valence electrons. The molecule has 0 bridgehead atoms. The highest BCUT2D eigenvalue weighted by Crippen LogP contribution is 2.35. The van der Waals surface area contributed by atoms with Crippen molar-refractivity contribution in [3.05, 3.63) is 29.6 Å². The maximum absolute atomic E-state index is 14.2. The lowest BCUT2D eigenvalue weighted by Gasteiger charge is -2.34. The van der Waals surface area contributed by atoms with Crippen LogP contribution in [0.1, 0.15) is 23.2 Å². The molecule has 2 rings (SSSR count). The van der Waals surface area contributed by atoms with Gasteiger partial charge in [-0.15, -0.1) is 0 Å². The van der Waals surface area contributed by atoms with Crippen molar-refractivity contribution in [1.82, 2.24) is 0 Å². The molecule has 1 aromatic rings. The Kier molecular flexibility index (Phi) is 4.17. The maximum atomic E-state index is 14.2. The van der Waals surface area contributed by atoms with E-state index < -0.39 is 11.2 Å². The molecule has 0 aliphatic carbocycles. The van der Waals surface area contributed by atoms with Crippen LogP contribution < -0.4 is 10.5 Å². The molecule has 0 spiro atoms. The summed E-state index contributed by atoms with van der Waals surface area (Å²) in [5.41, 5.74) is 5.10. The van der Waals surface area contributed by atoms with Gasteiger partial charge in [-0.3, -0.25) is 4.79 Å². The first-order chi connectivity index (χ1) is 9.14. The Morgan fingerprint density at radius 1 is 1.47 bits per heavy atom. The van der Waals surface area contributed by atoms with Crippen LogP contribution in [0.3, 0.4) is 0 Å². The lowest BCUT2D eigenvalue weighted by Crippen LogP contribution is -2.43. The fourth-order valence-corrected chi connectivity index (χ4v) is 2.42. The van der Waals surface area contributed by atoms with E-state index in [1.165, 1.54) is 19.2 Å². The summed E-state index contributed by atoms with van der Waals surface area (Å²) in [5.74, 6) is -0.797. The number of carbonyl (C=O) groups excluding carboxylic acids is 1. The Bertz CT molecular complexity index is 470. The fraction of sp³-hybridized carbons (Fsp3) is 0.500. The summed E-state index contributed by atoms with van der Waals surface area (Å²) < 4.78 is 24.3. The van der Waals surface area contributed by atoms with E-state index in [1.54, 1.807) is 6.07 Å². The Morgan fingerprint density at radius 3 is 2.74 bits per heavy atom. The van der Waals surface area contributed by atoms with E-state index in [0.717, 1.165) is 0 Å². The number of Topliss-reactive ketones (excluding diaryl/α,β-unsaturated/α-hetero) is 1. The second-order valence-corrected chi connectivity index (χ2v) is 4.75. The SMILES string of the molecule is COc1cccc(C(=O)C2(CN)CCOCC2)c1F. The Morgan fingerprint density at radius 2 is 2.16 bits per heavy atom. The molecule has 19 heavy (non-hydrogen) atoms. The predicted octanol–water partition coefficient (Wildman–Crippen LogP) is 1.77. The molecule has 4 nitrogen and oxygen atoms in total. The zero-order chi connectivity index (χ0) is 13.9. The third kappa shape index (κ3) is 2.48. The first kappa shape index (κ1) is 14.0. The fourth-order valence-electron chi connectivity index (χ4n) is 2.42. The van der Waals surface area contributed by atoms with Gasteiger partial charge in [-0.2, -0.15) is 0 Å². The number of nitrogens with two attached hydrogens (primary N) is 1. The quantitative estimate of drug-likeness (QED) is 0.845. The highest BCUT2D eigenvalue weighted by atomic mass is 19.1. The number of rotatable bonds is 4. The van der Waals surface area contributed by atoms with E-state index in [1.807, 2.05) is 0 Å². The molecule has 1 aromatic carbocycles. The molecule has 0 aromatic heterocycles. The van der Waals surface area contributed by atoms with Crippen LogP contribution in [-0.2, 0) is 4.74 Å². The largest absolute Gasteiger partial charge is 0.494 e. The summed E-state index contributed by atoms with van der Waals surface area (Å²) in [6.07, 6.45) is 1.05. The van der Waals surface area contributed by atoms with Gasteiger partial charge in [-0.1, -0.05) is 6.07 Å². The smallest absolute Gasteiger partial charge is 0.175 e. The van der Waals surface area contributed by atoms with Gasteiger partial charge >= 0.3 is 0 Å². The van der Waals surface area contributed by atoms with Crippen molar-refractivity contribution in [2.24, 2.45) is 11.1 Å². The van der Waals surface area contributed by atoms with Crippen LogP contribution in [0.5, 0.6) is 5.75 Å². The van der Waals surface area contributed by atoms with E-state index in [2.05, 4.69) is 0 Å². The first-order valence-electron chi connectivity index (χ1n) is 6.30. The first-order valence-corrected chi connectivity index (χ1v) is 6.30. The van der Waals surface area contributed by atoms with Crippen molar-refractivity contribution < 1.29 is 18.7 Å². The van der Waals surface area contributed by atoms with Gasteiger partial charge in [0, 0.05) is 19.8 Å². The summed E-state index contributed by atoms with van der Waals surface area (Å²) in [7, 11) is 1.37. The van der Waals surface area contributed by atoms with Gasteiger partial charge in [-0.05, 0) is 25.0 Å². The van der Waals surface area contributed by atoms with Crippen LogP contribution in [-0.4, -0.2) is 32.7 Å². The van der Waals surface area contributed by atoms with Crippen LogP contribution in [0.25, 0.3) is 0 Å². The van der Waals surface area contributed by atoms with Crippen molar-refractivity contribution in [3.63, 3.8) is 0 Å². The Hall–Kier alpha value is -1.46. The number of ketones is 1. The van der Waals surface area contributed by atoms with E-state index in [4.69, 9.17) is 15.2 Å². The normalized spacial score (nSPS) is 18.1. The van der Waals surface area contributed by atoms with Crippen LogP contribution >= 0.6 is 0 Å². The molecule has 1 saturated heterocycles. The number of hydrogen-bond donors (Lipinski definition) is 1.